The van der Waals surface area contributed by atoms with E-state index >= 15 is 0 Å². The summed E-state index contributed by atoms with van der Waals surface area (Å²) in [6.45, 7) is 4.20. The standard InChI is InChI=1S/C15H19N3O/c16-12-3-1-2-11-8-18(15(19)14(11)12)13-9-17-6-4-10(13)5-7-17/h1-3,10,13H,4-9,16H2/t13-/m1/s1. The largest absolute Gasteiger partial charge is 0.398 e. The number of anilines is 1. The highest BCUT2D eigenvalue weighted by Gasteiger charge is 2.42. The number of hydrogen-bond acceptors (Lipinski definition) is 3. The van der Waals surface area contributed by atoms with Gasteiger partial charge in [0.05, 0.1) is 5.56 Å². The molecule has 2 bridgehead atoms. The number of nitrogens with zero attached hydrogens (tertiary/aromatic N) is 2. The van der Waals surface area contributed by atoms with Crippen molar-refractivity contribution in [3.05, 3.63) is 29.3 Å². The molecule has 0 saturated carbocycles. The second kappa shape index (κ2) is 3.97. The molecule has 4 aliphatic heterocycles. The van der Waals surface area contributed by atoms with Gasteiger partial charge in [-0.15, -0.1) is 0 Å². The molecular formula is C15H19N3O. The molecule has 4 aliphatic rings. The maximum Gasteiger partial charge on any atom is 0.256 e. The van der Waals surface area contributed by atoms with Gasteiger partial charge in [0, 0.05) is 24.8 Å². The zero-order valence-electron chi connectivity index (χ0n) is 11.0. The normalized spacial score (nSPS) is 32.7. The summed E-state index contributed by atoms with van der Waals surface area (Å²) in [6.07, 6.45) is 2.47. The highest BCUT2D eigenvalue weighted by Crippen LogP contribution is 2.36. The van der Waals surface area contributed by atoms with Crippen LogP contribution >= 0.6 is 0 Å². The first kappa shape index (κ1) is 11.3. The molecule has 1 aromatic rings. The molecule has 4 heterocycles. The molecule has 0 spiro atoms. The monoisotopic (exact) mass is 257 g/mol. The Bertz CT molecular complexity index is 534. The van der Waals surface area contributed by atoms with E-state index < -0.39 is 0 Å². The number of hydrogen-bond donors (Lipinski definition) is 1. The van der Waals surface area contributed by atoms with Crippen LogP contribution in [-0.2, 0) is 6.54 Å². The smallest absolute Gasteiger partial charge is 0.256 e. The van der Waals surface area contributed by atoms with Gasteiger partial charge < -0.3 is 15.5 Å². The third kappa shape index (κ3) is 1.59. The Morgan fingerprint density at radius 3 is 2.63 bits per heavy atom. The van der Waals surface area contributed by atoms with E-state index in [1.54, 1.807) is 0 Å². The molecule has 1 atom stereocenters. The van der Waals surface area contributed by atoms with Gasteiger partial charge in [-0.2, -0.15) is 0 Å². The quantitative estimate of drug-likeness (QED) is 0.772. The minimum absolute atomic E-state index is 0.145. The molecule has 100 valence electrons. The van der Waals surface area contributed by atoms with Crippen molar-refractivity contribution < 1.29 is 4.79 Å². The van der Waals surface area contributed by atoms with Gasteiger partial charge in [0.1, 0.15) is 0 Å². The van der Waals surface area contributed by atoms with Gasteiger partial charge in [0.2, 0.25) is 0 Å². The van der Waals surface area contributed by atoms with E-state index in [0.717, 1.165) is 24.2 Å². The molecule has 5 rings (SSSR count). The third-order valence-electron chi connectivity index (χ3n) is 5.02. The Morgan fingerprint density at radius 1 is 1.21 bits per heavy atom. The van der Waals surface area contributed by atoms with Gasteiger partial charge in [-0.05, 0) is 43.5 Å². The molecule has 3 fully saturated rings. The van der Waals surface area contributed by atoms with Gasteiger partial charge in [0.25, 0.3) is 5.91 Å². The maximum absolute atomic E-state index is 12.6. The predicted octanol–water partition coefficient (Wildman–Crippen LogP) is 1.32. The van der Waals surface area contributed by atoms with Crippen molar-refractivity contribution in [2.24, 2.45) is 5.92 Å². The lowest BCUT2D eigenvalue weighted by Gasteiger charge is -2.48. The van der Waals surface area contributed by atoms with Crippen molar-refractivity contribution in [3.8, 4) is 0 Å². The number of nitrogens with two attached hydrogens (primary N) is 1. The van der Waals surface area contributed by atoms with Crippen molar-refractivity contribution in [1.82, 2.24) is 9.80 Å². The van der Waals surface area contributed by atoms with Crippen LogP contribution in [0, 0.1) is 5.92 Å². The summed E-state index contributed by atoms with van der Waals surface area (Å²) in [5.74, 6) is 0.830. The van der Waals surface area contributed by atoms with Crippen molar-refractivity contribution in [2.45, 2.75) is 25.4 Å². The number of rotatable bonds is 1. The second-order valence-electron chi connectivity index (χ2n) is 6.02. The first-order valence-corrected chi connectivity index (χ1v) is 7.15. The van der Waals surface area contributed by atoms with Crippen LogP contribution in [0.15, 0.2) is 18.2 Å². The van der Waals surface area contributed by atoms with Crippen LogP contribution in [-0.4, -0.2) is 41.4 Å². The topological polar surface area (TPSA) is 49.6 Å². The molecule has 1 amide bonds. The number of fused-ring (bicyclic) bond motifs is 4. The minimum Gasteiger partial charge on any atom is -0.398 e. The third-order valence-corrected chi connectivity index (χ3v) is 5.02. The lowest BCUT2D eigenvalue weighted by molar-refractivity contribution is 0.00849. The zero-order valence-corrected chi connectivity index (χ0v) is 11.0. The van der Waals surface area contributed by atoms with Crippen molar-refractivity contribution in [1.29, 1.82) is 0 Å². The van der Waals surface area contributed by atoms with Crippen LogP contribution in [0.1, 0.15) is 28.8 Å². The first-order valence-electron chi connectivity index (χ1n) is 7.15. The average molecular weight is 257 g/mol. The van der Waals surface area contributed by atoms with E-state index in [1.807, 2.05) is 18.2 Å². The fourth-order valence-electron chi connectivity index (χ4n) is 3.97. The van der Waals surface area contributed by atoms with E-state index in [2.05, 4.69) is 9.80 Å². The van der Waals surface area contributed by atoms with Gasteiger partial charge in [0.15, 0.2) is 0 Å². The number of carbonyl (C=O) groups excluding carboxylic acids is 1. The summed E-state index contributed by atoms with van der Waals surface area (Å²) < 4.78 is 0. The molecule has 19 heavy (non-hydrogen) atoms. The molecule has 0 aromatic heterocycles. The SMILES string of the molecule is Nc1cccc2c1C(=O)N([C@@H]1CN3CCC1CC3)C2. The second-order valence-corrected chi connectivity index (χ2v) is 6.02. The molecular weight excluding hydrogens is 238 g/mol. The highest BCUT2D eigenvalue weighted by molar-refractivity contribution is 6.03. The van der Waals surface area contributed by atoms with Crippen LogP contribution in [0.25, 0.3) is 0 Å². The number of nitrogen functional groups attached to an aromatic ring is 1. The predicted molar refractivity (Wildman–Crippen MR) is 73.7 cm³/mol. The molecule has 4 heteroatoms. The average Bonchev–Trinajstić information content (AvgIpc) is 2.79. The minimum atomic E-state index is 0.145. The summed E-state index contributed by atoms with van der Waals surface area (Å²) in [5, 5.41) is 0. The van der Waals surface area contributed by atoms with E-state index in [1.165, 1.54) is 25.9 Å². The molecule has 0 aliphatic carbocycles. The van der Waals surface area contributed by atoms with Crippen molar-refractivity contribution >= 4 is 11.6 Å². The first-order chi connectivity index (χ1) is 9.24. The van der Waals surface area contributed by atoms with Gasteiger partial charge >= 0.3 is 0 Å². The number of benzene rings is 1. The van der Waals surface area contributed by atoms with Gasteiger partial charge in [-0.25, -0.2) is 0 Å². The lowest BCUT2D eigenvalue weighted by atomic mass is 9.83. The summed E-state index contributed by atoms with van der Waals surface area (Å²) in [5.41, 5.74) is 8.45. The number of amides is 1. The van der Waals surface area contributed by atoms with Crippen LogP contribution in [0.3, 0.4) is 0 Å². The molecule has 0 radical (unpaired) electrons. The molecule has 4 nitrogen and oxygen atoms in total. The summed E-state index contributed by atoms with van der Waals surface area (Å²) in [7, 11) is 0. The fourth-order valence-corrected chi connectivity index (χ4v) is 3.97. The maximum atomic E-state index is 12.6. The van der Waals surface area contributed by atoms with Gasteiger partial charge in [-0.3, -0.25) is 4.79 Å². The Morgan fingerprint density at radius 2 is 2.00 bits per heavy atom. The summed E-state index contributed by atoms with van der Waals surface area (Å²) in [6, 6.07) is 6.20. The highest BCUT2D eigenvalue weighted by atomic mass is 16.2. The van der Waals surface area contributed by atoms with Crippen molar-refractivity contribution in [2.75, 3.05) is 25.4 Å². The van der Waals surface area contributed by atoms with Crippen LogP contribution in [0.4, 0.5) is 5.69 Å². The van der Waals surface area contributed by atoms with Gasteiger partial charge in [-0.1, -0.05) is 12.1 Å². The Labute approximate surface area is 113 Å². The summed E-state index contributed by atoms with van der Waals surface area (Å²) >= 11 is 0. The Hall–Kier alpha value is -1.55. The number of carbonyl (C=O) groups is 1. The molecule has 2 N–H and O–H groups in total. The zero-order chi connectivity index (χ0) is 13.0. The molecule has 1 aromatic carbocycles. The summed E-state index contributed by atoms with van der Waals surface area (Å²) in [4.78, 5) is 17.2. The van der Waals surface area contributed by atoms with Crippen molar-refractivity contribution in [3.63, 3.8) is 0 Å². The molecule has 0 unspecified atom stereocenters. The Kier molecular flexibility index (Phi) is 2.36. The van der Waals surface area contributed by atoms with Crippen LogP contribution in [0.5, 0.6) is 0 Å². The van der Waals surface area contributed by atoms with E-state index in [-0.39, 0.29) is 5.91 Å². The van der Waals surface area contributed by atoms with E-state index in [9.17, 15) is 4.79 Å². The van der Waals surface area contributed by atoms with E-state index in [4.69, 9.17) is 5.73 Å². The molecule has 3 saturated heterocycles. The number of piperidine rings is 3. The van der Waals surface area contributed by atoms with Crippen LogP contribution < -0.4 is 5.73 Å². The lowest BCUT2D eigenvalue weighted by Crippen LogP contribution is -2.57. The van der Waals surface area contributed by atoms with E-state index in [0.29, 0.717) is 17.6 Å². The Balaban J connectivity index is 1.65. The fraction of sp³-hybridized carbons (Fsp3) is 0.533. The van der Waals surface area contributed by atoms with Crippen LogP contribution in [0.2, 0.25) is 0 Å².